The van der Waals surface area contributed by atoms with Crippen molar-refractivity contribution in [2.75, 3.05) is 12.3 Å². The third kappa shape index (κ3) is 2.10. The summed E-state index contributed by atoms with van der Waals surface area (Å²) in [4.78, 5) is 0. The molecule has 0 unspecified atom stereocenters. The number of nitrogens with zero attached hydrogens (tertiary/aromatic N) is 3. The Morgan fingerprint density at radius 2 is 1.89 bits per heavy atom. The lowest BCUT2D eigenvalue weighted by molar-refractivity contribution is 0.340. The van der Waals surface area contributed by atoms with Gasteiger partial charge in [-0.2, -0.15) is 0 Å². The van der Waals surface area contributed by atoms with E-state index in [2.05, 4.69) is 10.2 Å². The second-order valence-electron chi connectivity index (χ2n) is 4.17. The molecule has 5 heteroatoms. The predicted molar refractivity (Wildman–Crippen MR) is 74.0 cm³/mol. The number of aromatic nitrogens is 3. The second kappa shape index (κ2) is 4.61. The van der Waals surface area contributed by atoms with E-state index in [0.717, 1.165) is 22.8 Å². The first-order valence-electron chi connectivity index (χ1n) is 6.11. The smallest absolute Gasteiger partial charge is 0.168 e. The van der Waals surface area contributed by atoms with Crippen LogP contribution in [0.25, 0.3) is 17.0 Å². The van der Waals surface area contributed by atoms with Crippen molar-refractivity contribution in [2.45, 2.75) is 6.92 Å². The Balaban J connectivity index is 2.06. The lowest BCUT2D eigenvalue weighted by Crippen LogP contribution is -1.94. The third-order valence-electron chi connectivity index (χ3n) is 2.85. The third-order valence-corrected chi connectivity index (χ3v) is 2.85. The van der Waals surface area contributed by atoms with Gasteiger partial charge in [-0.15, -0.1) is 10.2 Å². The number of hydrogen-bond donors (Lipinski definition) is 1. The second-order valence-corrected chi connectivity index (χ2v) is 4.17. The van der Waals surface area contributed by atoms with E-state index in [0.29, 0.717) is 12.3 Å². The van der Waals surface area contributed by atoms with Crippen LogP contribution in [0.2, 0.25) is 0 Å². The summed E-state index contributed by atoms with van der Waals surface area (Å²) in [6.07, 6.45) is 1.82. The SMILES string of the molecule is CCOc1ccc(-c2nnc3ccc(N)cn23)cc1. The van der Waals surface area contributed by atoms with Gasteiger partial charge in [0.05, 0.1) is 6.61 Å². The van der Waals surface area contributed by atoms with E-state index < -0.39 is 0 Å². The summed E-state index contributed by atoms with van der Waals surface area (Å²) < 4.78 is 7.30. The van der Waals surface area contributed by atoms with Crippen LogP contribution in [0.1, 0.15) is 6.92 Å². The Morgan fingerprint density at radius 3 is 2.63 bits per heavy atom. The van der Waals surface area contributed by atoms with E-state index in [1.807, 2.05) is 53.9 Å². The maximum absolute atomic E-state index is 5.80. The van der Waals surface area contributed by atoms with Crippen molar-refractivity contribution in [3.05, 3.63) is 42.6 Å². The minimum atomic E-state index is 0.656. The van der Waals surface area contributed by atoms with Crippen LogP contribution in [0.5, 0.6) is 5.75 Å². The number of fused-ring (bicyclic) bond motifs is 1. The minimum Gasteiger partial charge on any atom is -0.494 e. The van der Waals surface area contributed by atoms with Gasteiger partial charge in [-0.05, 0) is 43.3 Å². The molecule has 0 spiro atoms. The van der Waals surface area contributed by atoms with E-state index in [4.69, 9.17) is 10.5 Å². The summed E-state index contributed by atoms with van der Waals surface area (Å²) >= 11 is 0. The van der Waals surface area contributed by atoms with Crippen LogP contribution in [0.15, 0.2) is 42.6 Å². The molecule has 0 fully saturated rings. The maximum Gasteiger partial charge on any atom is 0.168 e. The van der Waals surface area contributed by atoms with Crippen molar-refractivity contribution in [2.24, 2.45) is 0 Å². The predicted octanol–water partition coefficient (Wildman–Crippen LogP) is 2.38. The first-order chi connectivity index (χ1) is 9.28. The van der Waals surface area contributed by atoms with Gasteiger partial charge in [-0.3, -0.25) is 4.40 Å². The van der Waals surface area contributed by atoms with Crippen molar-refractivity contribution in [1.82, 2.24) is 14.6 Å². The molecular weight excluding hydrogens is 240 g/mol. The molecule has 0 radical (unpaired) electrons. The highest BCUT2D eigenvalue weighted by atomic mass is 16.5. The van der Waals surface area contributed by atoms with E-state index in [1.165, 1.54) is 0 Å². The maximum atomic E-state index is 5.80. The van der Waals surface area contributed by atoms with E-state index >= 15 is 0 Å². The van der Waals surface area contributed by atoms with Gasteiger partial charge >= 0.3 is 0 Å². The van der Waals surface area contributed by atoms with Gasteiger partial charge in [0.1, 0.15) is 5.75 Å². The molecule has 96 valence electrons. The fourth-order valence-corrected chi connectivity index (χ4v) is 1.97. The standard InChI is InChI=1S/C14H14N4O/c1-2-19-12-6-3-10(4-7-12)14-17-16-13-8-5-11(15)9-18(13)14/h3-9H,2,15H2,1H3. The topological polar surface area (TPSA) is 65.4 Å². The van der Waals surface area contributed by atoms with Crippen LogP contribution < -0.4 is 10.5 Å². The molecule has 2 aromatic heterocycles. The van der Waals surface area contributed by atoms with E-state index in [1.54, 1.807) is 0 Å². The number of rotatable bonds is 3. The number of benzene rings is 1. The summed E-state index contributed by atoms with van der Waals surface area (Å²) in [6.45, 7) is 2.62. The minimum absolute atomic E-state index is 0.656. The number of ether oxygens (including phenoxy) is 1. The molecule has 3 rings (SSSR count). The molecule has 0 atom stereocenters. The monoisotopic (exact) mass is 254 g/mol. The summed E-state index contributed by atoms with van der Waals surface area (Å²) in [5, 5.41) is 8.32. The molecule has 0 amide bonds. The molecule has 1 aromatic carbocycles. The number of anilines is 1. The van der Waals surface area contributed by atoms with Gasteiger partial charge in [0.2, 0.25) is 0 Å². The lowest BCUT2D eigenvalue weighted by Gasteiger charge is -2.04. The fourth-order valence-electron chi connectivity index (χ4n) is 1.97. The Labute approximate surface area is 110 Å². The van der Waals surface area contributed by atoms with Crippen molar-refractivity contribution in [3.8, 4) is 17.1 Å². The molecule has 5 nitrogen and oxygen atoms in total. The molecule has 0 bridgehead atoms. The van der Waals surface area contributed by atoms with Crippen LogP contribution in [0.4, 0.5) is 5.69 Å². The first kappa shape index (κ1) is 11.5. The van der Waals surface area contributed by atoms with Gasteiger partial charge in [0, 0.05) is 17.4 Å². The van der Waals surface area contributed by atoms with Crippen LogP contribution in [0.3, 0.4) is 0 Å². The molecular formula is C14H14N4O. The number of pyridine rings is 1. The zero-order chi connectivity index (χ0) is 13.2. The van der Waals surface area contributed by atoms with Gasteiger partial charge in [-0.25, -0.2) is 0 Å². The van der Waals surface area contributed by atoms with Crippen molar-refractivity contribution in [1.29, 1.82) is 0 Å². The summed E-state index contributed by atoms with van der Waals surface area (Å²) in [5.74, 6) is 1.62. The molecule has 19 heavy (non-hydrogen) atoms. The largest absolute Gasteiger partial charge is 0.494 e. The average Bonchev–Trinajstić information content (AvgIpc) is 2.83. The molecule has 0 aliphatic rings. The molecule has 2 heterocycles. The zero-order valence-electron chi connectivity index (χ0n) is 10.6. The fraction of sp³-hybridized carbons (Fsp3) is 0.143. The Kier molecular flexibility index (Phi) is 2.79. The van der Waals surface area contributed by atoms with Gasteiger partial charge < -0.3 is 10.5 Å². The van der Waals surface area contributed by atoms with Gasteiger partial charge in [0.25, 0.3) is 0 Å². The number of hydrogen-bond acceptors (Lipinski definition) is 4. The highest BCUT2D eigenvalue weighted by Gasteiger charge is 2.08. The van der Waals surface area contributed by atoms with Crippen molar-refractivity contribution >= 4 is 11.3 Å². The molecule has 2 N–H and O–H groups in total. The molecule has 3 aromatic rings. The molecule has 0 aliphatic heterocycles. The lowest BCUT2D eigenvalue weighted by atomic mass is 10.2. The van der Waals surface area contributed by atoms with Gasteiger partial charge in [0.15, 0.2) is 11.5 Å². The van der Waals surface area contributed by atoms with Crippen molar-refractivity contribution < 1.29 is 4.74 Å². The van der Waals surface area contributed by atoms with Crippen LogP contribution >= 0.6 is 0 Å². The van der Waals surface area contributed by atoms with Gasteiger partial charge in [-0.1, -0.05) is 0 Å². The summed E-state index contributed by atoms with van der Waals surface area (Å²) in [6, 6.07) is 11.4. The Bertz CT molecular complexity index is 703. The zero-order valence-corrected chi connectivity index (χ0v) is 10.6. The highest BCUT2D eigenvalue weighted by molar-refractivity contribution is 5.61. The molecule has 0 aliphatic carbocycles. The highest BCUT2D eigenvalue weighted by Crippen LogP contribution is 2.22. The number of nitrogen functional groups attached to an aromatic ring is 1. The van der Waals surface area contributed by atoms with Crippen LogP contribution in [-0.4, -0.2) is 21.2 Å². The molecule has 0 saturated heterocycles. The number of nitrogens with two attached hydrogens (primary N) is 1. The summed E-state index contributed by atoms with van der Waals surface area (Å²) in [5.41, 5.74) is 8.23. The average molecular weight is 254 g/mol. The first-order valence-corrected chi connectivity index (χ1v) is 6.11. The molecule has 0 saturated carbocycles. The quantitative estimate of drug-likeness (QED) is 0.779. The van der Waals surface area contributed by atoms with Crippen LogP contribution in [-0.2, 0) is 0 Å². The Hall–Kier alpha value is -2.56. The van der Waals surface area contributed by atoms with Crippen LogP contribution in [0, 0.1) is 0 Å². The van der Waals surface area contributed by atoms with E-state index in [9.17, 15) is 0 Å². The Morgan fingerprint density at radius 1 is 1.11 bits per heavy atom. The normalized spacial score (nSPS) is 10.8. The summed E-state index contributed by atoms with van der Waals surface area (Å²) in [7, 11) is 0. The van der Waals surface area contributed by atoms with Crippen molar-refractivity contribution in [3.63, 3.8) is 0 Å². The van der Waals surface area contributed by atoms with E-state index in [-0.39, 0.29) is 0 Å².